The van der Waals surface area contributed by atoms with Crippen molar-refractivity contribution in [2.75, 3.05) is 6.54 Å². The van der Waals surface area contributed by atoms with E-state index in [4.69, 9.17) is 0 Å². The summed E-state index contributed by atoms with van der Waals surface area (Å²) in [5.74, 6) is 0.666. The minimum Gasteiger partial charge on any atom is -0.337 e. The van der Waals surface area contributed by atoms with Gasteiger partial charge in [-0.3, -0.25) is 9.78 Å². The van der Waals surface area contributed by atoms with E-state index in [0.29, 0.717) is 12.3 Å². The monoisotopic (exact) mass is 308 g/mol. The highest BCUT2D eigenvalue weighted by Gasteiger charge is 2.43. The summed E-state index contributed by atoms with van der Waals surface area (Å²) in [7, 11) is 0. The molecule has 1 amide bonds. The predicted octanol–water partition coefficient (Wildman–Crippen LogP) is 3.81. The summed E-state index contributed by atoms with van der Waals surface area (Å²) >= 11 is 0. The van der Waals surface area contributed by atoms with E-state index in [9.17, 15) is 4.79 Å². The van der Waals surface area contributed by atoms with Gasteiger partial charge in [-0.25, -0.2) is 0 Å². The van der Waals surface area contributed by atoms with E-state index in [-0.39, 0.29) is 11.4 Å². The van der Waals surface area contributed by atoms with Gasteiger partial charge in [0.1, 0.15) is 0 Å². The molecule has 1 atom stereocenters. The highest BCUT2D eigenvalue weighted by atomic mass is 16.2. The molecule has 1 saturated heterocycles. The number of nitrogens with zero attached hydrogens (tertiary/aromatic N) is 2. The van der Waals surface area contributed by atoms with Gasteiger partial charge in [0.25, 0.3) is 0 Å². The fraction of sp³-hybridized carbons (Fsp3) is 0.400. The van der Waals surface area contributed by atoms with E-state index in [2.05, 4.69) is 48.0 Å². The number of aryl methyl sites for hydroxylation is 1. The van der Waals surface area contributed by atoms with Crippen molar-refractivity contribution in [2.45, 2.75) is 44.6 Å². The van der Waals surface area contributed by atoms with Gasteiger partial charge < -0.3 is 4.90 Å². The molecule has 0 spiro atoms. The minimum absolute atomic E-state index is 0.128. The third-order valence-corrected chi connectivity index (χ3v) is 5.07. The van der Waals surface area contributed by atoms with Gasteiger partial charge in [0.2, 0.25) is 5.91 Å². The summed E-state index contributed by atoms with van der Waals surface area (Å²) < 4.78 is 0. The van der Waals surface area contributed by atoms with Crippen molar-refractivity contribution in [1.82, 2.24) is 9.88 Å². The number of likely N-dealkylation sites (tertiary alicyclic amines) is 1. The lowest BCUT2D eigenvalue weighted by molar-refractivity contribution is -0.134. The van der Waals surface area contributed by atoms with E-state index in [1.165, 1.54) is 11.1 Å². The van der Waals surface area contributed by atoms with Crippen molar-refractivity contribution < 1.29 is 4.79 Å². The second-order valence-corrected chi connectivity index (χ2v) is 6.81. The van der Waals surface area contributed by atoms with Crippen LogP contribution in [0, 0.1) is 0 Å². The lowest BCUT2D eigenvalue weighted by Gasteiger charge is -2.36. The summed E-state index contributed by atoms with van der Waals surface area (Å²) in [4.78, 5) is 18.8. The summed E-state index contributed by atoms with van der Waals surface area (Å²) in [5, 5.41) is 0. The van der Waals surface area contributed by atoms with Crippen molar-refractivity contribution in [2.24, 2.45) is 0 Å². The van der Waals surface area contributed by atoms with Gasteiger partial charge in [0.05, 0.1) is 0 Å². The molecule has 2 heterocycles. The molecule has 1 aromatic heterocycles. The number of benzene rings is 1. The standard InChI is InChI=1S/C20H24N2O/c1-20(2)18(17-6-4-3-5-7-17)12-15-22(20)19(23)9-8-16-10-13-21-14-11-16/h3-7,10-11,13-14,18H,8-9,12,15H2,1-2H3. The normalized spacial score (nSPS) is 19.7. The van der Waals surface area contributed by atoms with Crippen molar-refractivity contribution in [3.63, 3.8) is 0 Å². The Bertz CT molecular complexity index is 652. The second kappa shape index (κ2) is 6.53. The molecule has 0 N–H and O–H groups in total. The minimum atomic E-state index is -0.128. The third-order valence-electron chi connectivity index (χ3n) is 5.07. The number of amides is 1. The van der Waals surface area contributed by atoms with Crippen molar-refractivity contribution >= 4 is 5.91 Å². The smallest absolute Gasteiger partial charge is 0.223 e. The maximum atomic E-state index is 12.7. The molecule has 0 aliphatic carbocycles. The van der Waals surface area contributed by atoms with Crippen LogP contribution in [0.25, 0.3) is 0 Å². The zero-order valence-corrected chi connectivity index (χ0v) is 13.9. The molecule has 3 rings (SSSR count). The Morgan fingerprint density at radius 1 is 1.17 bits per heavy atom. The Labute approximate surface area is 138 Å². The Hall–Kier alpha value is -2.16. The van der Waals surface area contributed by atoms with Crippen LogP contribution in [0.1, 0.15) is 43.7 Å². The van der Waals surface area contributed by atoms with Gasteiger partial charge in [-0.05, 0) is 49.9 Å². The molecule has 1 aliphatic heterocycles. The molecule has 3 nitrogen and oxygen atoms in total. The Morgan fingerprint density at radius 2 is 1.87 bits per heavy atom. The number of carbonyl (C=O) groups is 1. The van der Waals surface area contributed by atoms with Crippen LogP contribution in [-0.4, -0.2) is 27.9 Å². The van der Waals surface area contributed by atoms with Gasteiger partial charge in [-0.15, -0.1) is 0 Å². The second-order valence-electron chi connectivity index (χ2n) is 6.81. The maximum absolute atomic E-state index is 12.7. The molecule has 1 unspecified atom stereocenters. The van der Waals surface area contributed by atoms with Crippen LogP contribution in [0.2, 0.25) is 0 Å². The lowest BCUT2D eigenvalue weighted by atomic mass is 9.82. The number of rotatable bonds is 4. The van der Waals surface area contributed by atoms with Gasteiger partial charge in [-0.2, -0.15) is 0 Å². The first-order valence-electron chi connectivity index (χ1n) is 8.33. The molecule has 0 bridgehead atoms. The van der Waals surface area contributed by atoms with Gasteiger partial charge in [0.15, 0.2) is 0 Å². The number of aromatic nitrogens is 1. The molecule has 0 saturated carbocycles. The summed E-state index contributed by atoms with van der Waals surface area (Å²) in [6.45, 7) is 5.24. The van der Waals surface area contributed by atoms with Crippen LogP contribution in [0.5, 0.6) is 0 Å². The van der Waals surface area contributed by atoms with Gasteiger partial charge >= 0.3 is 0 Å². The average Bonchev–Trinajstić information content (AvgIpc) is 2.89. The van der Waals surface area contributed by atoms with Crippen LogP contribution in [-0.2, 0) is 11.2 Å². The Morgan fingerprint density at radius 3 is 2.57 bits per heavy atom. The fourth-order valence-corrected chi connectivity index (χ4v) is 3.73. The Kier molecular flexibility index (Phi) is 4.46. The molecular weight excluding hydrogens is 284 g/mol. The first kappa shape index (κ1) is 15.7. The van der Waals surface area contributed by atoms with Crippen LogP contribution < -0.4 is 0 Å². The van der Waals surface area contributed by atoms with E-state index in [1.54, 1.807) is 12.4 Å². The zero-order chi connectivity index (χ0) is 16.3. The van der Waals surface area contributed by atoms with Crippen molar-refractivity contribution in [3.05, 3.63) is 66.0 Å². The molecule has 1 fully saturated rings. The van der Waals surface area contributed by atoms with E-state index >= 15 is 0 Å². The van der Waals surface area contributed by atoms with Crippen molar-refractivity contribution in [1.29, 1.82) is 0 Å². The molecule has 23 heavy (non-hydrogen) atoms. The first-order valence-corrected chi connectivity index (χ1v) is 8.33. The maximum Gasteiger partial charge on any atom is 0.223 e. The molecule has 0 radical (unpaired) electrons. The van der Waals surface area contributed by atoms with E-state index < -0.39 is 0 Å². The van der Waals surface area contributed by atoms with Crippen LogP contribution in [0.4, 0.5) is 0 Å². The summed E-state index contributed by atoms with van der Waals surface area (Å²) in [6, 6.07) is 14.5. The first-order chi connectivity index (χ1) is 11.1. The third kappa shape index (κ3) is 3.29. The molecule has 120 valence electrons. The number of pyridine rings is 1. The summed E-state index contributed by atoms with van der Waals surface area (Å²) in [5.41, 5.74) is 2.38. The number of hydrogen-bond acceptors (Lipinski definition) is 2. The lowest BCUT2D eigenvalue weighted by Crippen LogP contribution is -2.45. The molecule has 1 aromatic carbocycles. The van der Waals surface area contributed by atoms with Crippen molar-refractivity contribution in [3.8, 4) is 0 Å². The highest BCUT2D eigenvalue weighted by Crippen LogP contribution is 2.41. The molecular formula is C20H24N2O. The molecule has 1 aliphatic rings. The largest absolute Gasteiger partial charge is 0.337 e. The quantitative estimate of drug-likeness (QED) is 0.860. The average molecular weight is 308 g/mol. The van der Waals surface area contributed by atoms with E-state index in [0.717, 1.165) is 19.4 Å². The van der Waals surface area contributed by atoms with Crippen LogP contribution in [0.15, 0.2) is 54.9 Å². The fourth-order valence-electron chi connectivity index (χ4n) is 3.73. The summed E-state index contributed by atoms with van der Waals surface area (Å²) in [6.07, 6.45) is 5.95. The number of hydrogen-bond donors (Lipinski definition) is 0. The highest BCUT2D eigenvalue weighted by molar-refractivity contribution is 5.78. The molecule has 2 aromatic rings. The Balaban J connectivity index is 1.67. The predicted molar refractivity (Wildman–Crippen MR) is 92.2 cm³/mol. The molecule has 3 heteroatoms. The van der Waals surface area contributed by atoms with E-state index in [1.807, 2.05) is 18.2 Å². The van der Waals surface area contributed by atoms with Gasteiger partial charge in [-0.1, -0.05) is 30.3 Å². The zero-order valence-electron chi connectivity index (χ0n) is 13.9. The number of carbonyl (C=O) groups excluding carboxylic acids is 1. The van der Waals surface area contributed by atoms with Crippen LogP contribution in [0.3, 0.4) is 0 Å². The van der Waals surface area contributed by atoms with Crippen LogP contribution >= 0.6 is 0 Å². The van der Waals surface area contributed by atoms with Gasteiger partial charge in [0, 0.05) is 36.8 Å². The SMILES string of the molecule is CC1(C)C(c2ccccc2)CCN1C(=O)CCc1ccncc1. The topological polar surface area (TPSA) is 33.2 Å².